The van der Waals surface area contributed by atoms with E-state index in [0.29, 0.717) is 11.6 Å². The molecule has 5 heteroatoms. The van der Waals surface area contributed by atoms with Gasteiger partial charge in [-0.25, -0.2) is 4.98 Å². The van der Waals surface area contributed by atoms with Crippen molar-refractivity contribution in [1.29, 1.82) is 0 Å². The minimum absolute atomic E-state index is 0.0327. The number of carbonyl (C=O) groups excluding carboxylic acids is 1. The Morgan fingerprint density at radius 2 is 1.69 bits per heavy atom. The fraction of sp³-hybridized carbons (Fsp3) is 0.286. The molecule has 0 aliphatic rings. The van der Waals surface area contributed by atoms with Crippen molar-refractivity contribution in [3.63, 3.8) is 0 Å². The second kappa shape index (κ2) is 7.38. The van der Waals surface area contributed by atoms with Gasteiger partial charge < -0.3 is 5.32 Å². The molecule has 0 aliphatic heterocycles. The summed E-state index contributed by atoms with van der Waals surface area (Å²) in [6.07, 6.45) is 3.97. The predicted molar refractivity (Wildman–Crippen MR) is 108 cm³/mol. The number of carbonyl (C=O) groups is 1. The fourth-order valence-electron chi connectivity index (χ4n) is 2.60. The van der Waals surface area contributed by atoms with Gasteiger partial charge in [0, 0.05) is 24.4 Å². The fourth-order valence-corrected chi connectivity index (χ4v) is 3.61. The molecule has 0 fully saturated rings. The van der Waals surface area contributed by atoms with Crippen LogP contribution in [0.2, 0.25) is 0 Å². The minimum Gasteiger partial charge on any atom is -0.302 e. The maximum Gasteiger partial charge on any atom is 0.225 e. The molecular weight excluding hydrogens is 342 g/mol. The zero-order valence-electron chi connectivity index (χ0n) is 15.5. The van der Waals surface area contributed by atoms with Gasteiger partial charge in [0.15, 0.2) is 5.13 Å². The Bertz CT molecular complexity index is 893. The molecule has 26 heavy (non-hydrogen) atoms. The Morgan fingerprint density at radius 3 is 2.27 bits per heavy atom. The van der Waals surface area contributed by atoms with E-state index < -0.39 is 0 Å². The monoisotopic (exact) mass is 365 g/mol. The van der Waals surface area contributed by atoms with Crippen molar-refractivity contribution < 1.29 is 4.79 Å². The van der Waals surface area contributed by atoms with Crippen LogP contribution in [0.25, 0.3) is 21.7 Å². The Kier molecular flexibility index (Phi) is 5.18. The van der Waals surface area contributed by atoms with Gasteiger partial charge in [-0.05, 0) is 28.7 Å². The lowest BCUT2D eigenvalue weighted by Crippen LogP contribution is -2.10. The van der Waals surface area contributed by atoms with Gasteiger partial charge in [0.1, 0.15) is 0 Å². The van der Waals surface area contributed by atoms with Gasteiger partial charge in [-0.15, -0.1) is 0 Å². The maximum atomic E-state index is 11.8. The highest BCUT2D eigenvalue weighted by Crippen LogP contribution is 2.39. The minimum atomic E-state index is -0.0327. The Labute approximate surface area is 158 Å². The zero-order valence-corrected chi connectivity index (χ0v) is 16.4. The molecule has 0 aliphatic carbocycles. The molecule has 1 aromatic carbocycles. The summed E-state index contributed by atoms with van der Waals surface area (Å²) >= 11 is 1.49. The molecule has 0 bridgehead atoms. The van der Waals surface area contributed by atoms with Crippen LogP contribution >= 0.6 is 11.3 Å². The summed E-state index contributed by atoms with van der Waals surface area (Å²) in [6, 6.07) is 12.4. The number of amides is 1. The van der Waals surface area contributed by atoms with Crippen LogP contribution in [0.1, 0.15) is 39.7 Å². The number of aromatic nitrogens is 2. The number of anilines is 1. The van der Waals surface area contributed by atoms with Gasteiger partial charge in [-0.2, -0.15) is 0 Å². The Balaban J connectivity index is 2.05. The summed E-state index contributed by atoms with van der Waals surface area (Å²) in [5.41, 5.74) is 4.35. The Morgan fingerprint density at radius 1 is 1.04 bits per heavy atom. The molecule has 0 saturated carbocycles. The van der Waals surface area contributed by atoms with E-state index in [1.165, 1.54) is 16.9 Å². The van der Waals surface area contributed by atoms with Crippen molar-refractivity contribution in [2.75, 3.05) is 5.32 Å². The Hall–Kier alpha value is -2.53. The van der Waals surface area contributed by atoms with Crippen molar-refractivity contribution in [2.24, 2.45) is 0 Å². The van der Waals surface area contributed by atoms with Gasteiger partial charge >= 0.3 is 0 Å². The predicted octanol–water partition coefficient (Wildman–Crippen LogP) is 5.52. The van der Waals surface area contributed by atoms with Crippen molar-refractivity contribution >= 4 is 22.4 Å². The first-order chi connectivity index (χ1) is 12.4. The highest BCUT2D eigenvalue weighted by molar-refractivity contribution is 7.19. The number of rotatable bonds is 4. The molecule has 2 aromatic heterocycles. The molecule has 1 N–H and O–H groups in total. The van der Waals surface area contributed by atoms with Crippen LogP contribution in [-0.2, 0) is 10.2 Å². The van der Waals surface area contributed by atoms with Gasteiger partial charge in [0.05, 0.1) is 10.6 Å². The second-order valence-electron chi connectivity index (χ2n) is 7.16. The zero-order chi connectivity index (χ0) is 18.7. The largest absolute Gasteiger partial charge is 0.302 e. The van der Waals surface area contributed by atoms with Crippen molar-refractivity contribution in [1.82, 2.24) is 9.97 Å². The SMILES string of the molecule is CCC(=O)Nc1nc(-c2ccc(C(C)(C)C)cc2)c(-c2ccncc2)s1. The van der Waals surface area contributed by atoms with Crippen molar-refractivity contribution in [3.8, 4) is 21.7 Å². The molecule has 2 heterocycles. The number of hydrogen-bond acceptors (Lipinski definition) is 4. The number of nitrogens with one attached hydrogen (secondary N) is 1. The standard InChI is InChI=1S/C21H23N3OS/c1-5-17(25)23-20-24-18(19(26-20)15-10-12-22-13-11-15)14-6-8-16(9-7-14)21(2,3)4/h6-13H,5H2,1-4H3,(H,23,24,25). The van der Waals surface area contributed by atoms with Crippen molar-refractivity contribution in [2.45, 2.75) is 39.5 Å². The lowest BCUT2D eigenvalue weighted by atomic mass is 9.86. The average molecular weight is 366 g/mol. The lowest BCUT2D eigenvalue weighted by Gasteiger charge is -2.19. The van der Waals surface area contributed by atoms with Gasteiger partial charge in [0.2, 0.25) is 5.91 Å². The molecule has 0 radical (unpaired) electrons. The summed E-state index contributed by atoms with van der Waals surface area (Å²) in [6.45, 7) is 8.43. The normalized spacial score (nSPS) is 11.4. The number of nitrogens with zero attached hydrogens (tertiary/aromatic N) is 2. The van der Waals surface area contributed by atoms with Gasteiger partial charge in [-0.1, -0.05) is 63.3 Å². The topological polar surface area (TPSA) is 54.9 Å². The molecule has 0 unspecified atom stereocenters. The van der Waals surface area contributed by atoms with Crippen LogP contribution < -0.4 is 5.32 Å². The van der Waals surface area contributed by atoms with E-state index in [2.05, 4.69) is 55.3 Å². The van der Waals surface area contributed by atoms with E-state index in [1.807, 2.05) is 19.1 Å². The van der Waals surface area contributed by atoms with E-state index in [1.54, 1.807) is 12.4 Å². The van der Waals surface area contributed by atoms with Gasteiger partial charge in [0.25, 0.3) is 0 Å². The van der Waals surface area contributed by atoms with E-state index >= 15 is 0 Å². The summed E-state index contributed by atoms with van der Waals surface area (Å²) in [4.78, 5) is 21.6. The lowest BCUT2D eigenvalue weighted by molar-refractivity contribution is -0.115. The molecule has 0 atom stereocenters. The highest BCUT2D eigenvalue weighted by Gasteiger charge is 2.18. The molecule has 1 amide bonds. The molecule has 0 spiro atoms. The number of hydrogen-bond donors (Lipinski definition) is 1. The highest BCUT2D eigenvalue weighted by atomic mass is 32.1. The van der Waals surface area contributed by atoms with E-state index in [4.69, 9.17) is 4.98 Å². The molecule has 3 rings (SSSR count). The van der Waals surface area contributed by atoms with Crippen LogP contribution in [0, 0.1) is 0 Å². The second-order valence-corrected chi connectivity index (χ2v) is 8.16. The van der Waals surface area contributed by atoms with Crippen LogP contribution in [0.3, 0.4) is 0 Å². The summed E-state index contributed by atoms with van der Waals surface area (Å²) in [7, 11) is 0. The molecule has 3 aromatic rings. The third-order valence-electron chi connectivity index (χ3n) is 4.16. The number of thiazole rings is 1. The first kappa shape index (κ1) is 18.3. The first-order valence-electron chi connectivity index (χ1n) is 8.70. The van der Waals surface area contributed by atoms with Crippen LogP contribution in [-0.4, -0.2) is 15.9 Å². The van der Waals surface area contributed by atoms with Crippen molar-refractivity contribution in [3.05, 3.63) is 54.4 Å². The average Bonchev–Trinajstić information content (AvgIpc) is 3.05. The molecule has 134 valence electrons. The summed E-state index contributed by atoms with van der Waals surface area (Å²) in [5, 5.41) is 3.50. The molecule has 0 saturated heterocycles. The third-order valence-corrected chi connectivity index (χ3v) is 5.18. The van der Waals surface area contributed by atoms with Crippen LogP contribution in [0.4, 0.5) is 5.13 Å². The van der Waals surface area contributed by atoms with E-state index in [-0.39, 0.29) is 11.3 Å². The van der Waals surface area contributed by atoms with Crippen LogP contribution in [0.15, 0.2) is 48.8 Å². The smallest absolute Gasteiger partial charge is 0.225 e. The summed E-state index contributed by atoms with van der Waals surface area (Å²) < 4.78 is 0. The van der Waals surface area contributed by atoms with E-state index in [9.17, 15) is 4.79 Å². The number of benzene rings is 1. The molecule has 4 nitrogen and oxygen atoms in total. The number of pyridine rings is 1. The maximum absolute atomic E-state index is 11.8. The quantitative estimate of drug-likeness (QED) is 0.662. The third kappa shape index (κ3) is 3.99. The first-order valence-corrected chi connectivity index (χ1v) is 9.52. The van der Waals surface area contributed by atoms with Gasteiger partial charge in [-0.3, -0.25) is 9.78 Å². The summed E-state index contributed by atoms with van der Waals surface area (Å²) in [5.74, 6) is -0.0327. The van der Waals surface area contributed by atoms with Crippen LogP contribution in [0.5, 0.6) is 0 Å². The van der Waals surface area contributed by atoms with E-state index in [0.717, 1.165) is 21.7 Å². The molecular formula is C21H23N3OS.